The van der Waals surface area contributed by atoms with Gasteiger partial charge in [-0.1, -0.05) is 20.8 Å². The lowest BCUT2D eigenvalue weighted by atomic mass is 9.96. The molecule has 1 heterocycles. The van der Waals surface area contributed by atoms with Crippen LogP contribution < -0.4 is 0 Å². The van der Waals surface area contributed by atoms with Crippen LogP contribution in [-0.4, -0.2) is 21.9 Å². The van der Waals surface area contributed by atoms with Crippen molar-refractivity contribution in [1.82, 2.24) is 14.8 Å². The number of aromatic amines is 1. The Morgan fingerprint density at radius 1 is 1.31 bits per heavy atom. The summed E-state index contributed by atoms with van der Waals surface area (Å²) >= 11 is 5.25. The van der Waals surface area contributed by atoms with Gasteiger partial charge in [-0.05, 0) is 31.5 Å². The number of H-pyrrole nitrogens is 1. The van der Waals surface area contributed by atoms with Gasteiger partial charge in [0.25, 0.3) is 0 Å². The summed E-state index contributed by atoms with van der Waals surface area (Å²) in [5.41, 5.74) is -0.278. The maximum Gasteiger partial charge on any atom is 0.195 e. The highest BCUT2D eigenvalue weighted by molar-refractivity contribution is 7.71. The van der Waals surface area contributed by atoms with Gasteiger partial charge >= 0.3 is 0 Å². The average Bonchev–Trinajstić information content (AvgIpc) is 2.46. The Bertz CT molecular complexity index is 412. The molecule has 0 amide bonds. The van der Waals surface area contributed by atoms with E-state index in [0.717, 1.165) is 12.4 Å². The number of rotatable bonds is 3. The van der Waals surface area contributed by atoms with Crippen LogP contribution in [0.1, 0.15) is 40.4 Å². The lowest BCUT2D eigenvalue weighted by Crippen LogP contribution is -2.28. The third-order valence-corrected chi connectivity index (χ3v) is 2.75. The number of ether oxygens (including phenoxy) is 1. The number of hydrogen-bond donors (Lipinski definition) is 1. The van der Waals surface area contributed by atoms with E-state index >= 15 is 0 Å². The van der Waals surface area contributed by atoms with Gasteiger partial charge in [0.15, 0.2) is 10.6 Å². The minimum atomic E-state index is -0.432. The first-order chi connectivity index (χ1) is 7.17. The van der Waals surface area contributed by atoms with Gasteiger partial charge in [0.1, 0.15) is 5.60 Å². The predicted molar refractivity (Wildman–Crippen MR) is 66.9 cm³/mol. The second-order valence-electron chi connectivity index (χ2n) is 5.71. The van der Waals surface area contributed by atoms with Crippen molar-refractivity contribution in [2.24, 2.45) is 5.41 Å². The molecule has 92 valence electrons. The largest absolute Gasteiger partial charge is 0.371 e. The summed E-state index contributed by atoms with van der Waals surface area (Å²) in [5, 5.41) is 7.10. The zero-order chi connectivity index (χ0) is 12.6. The lowest BCUT2D eigenvalue weighted by Gasteiger charge is -2.26. The second-order valence-corrected chi connectivity index (χ2v) is 6.10. The van der Waals surface area contributed by atoms with E-state index in [2.05, 4.69) is 31.0 Å². The zero-order valence-electron chi connectivity index (χ0n) is 10.9. The molecule has 0 spiro atoms. The van der Waals surface area contributed by atoms with Gasteiger partial charge in [0, 0.05) is 13.7 Å². The van der Waals surface area contributed by atoms with Gasteiger partial charge in [-0.25, -0.2) is 0 Å². The minimum Gasteiger partial charge on any atom is -0.371 e. The molecule has 16 heavy (non-hydrogen) atoms. The molecular formula is C11H21N3OS. The van der Waals surface area contributed by atoms with Gasteiger partial charge in [-0.2, -0.15) is 5.10 Å². The molecule has 0 aliphatic carbocycles. The van der Waals surface area contributed by atoms with Crippen molar-refractivity contribution >= 4 is 12.2 Å². The standard InChI is InChI=1S/C11H21N3OS/c1-10(2,3)7-14-8(11(4,5)15-6)12-13-9(14)16/h7H2,1-6H3,(H,13,16). The number of methoxy groups -OCH3 is 1. The highest BCUT2D eigenvalue weighted by Crippen LogP contribution is 2.25. The van der Waals surface area contributed by atoms with E-state index in [1.165, 1.54) is 0 Å². The van der Waals surface area contributed by atoms with E-state index in [9.17, 15) is 0 Å². The molecule has 1 rings (SSSR count). The number of nitrogens with zero attached hydrogens (tertiary/aromatic N) is 2. The third-order valence-electron chi connectivity index (χ3n) is 2.44. The van der Waals surface area contributed by atoms with Crippen LogP contribution in [-0.2, 0) is 16.9 Å². The molecule has 0 saturated carbocycles. The molecule has 1 aromatic rings. The van der Waals surface area contributed by atoms with Gasteiger partial charge in [-0.3, -0.25) is 5.10 Å². The van der Waals surface area contributed by atoms with Crippen LogP contribution in [0.2, 0.25) is 0 Å². The maximum atomic E-state index is 5.44. The molecule has 1 aromatic heterocycles. The third kappa shape index (κ3) is 2.92. The molecule has 4 nitrogen and oxygen atoms in total. The predicted octanol–water partition coefficient (Wildman–Crippen LogP) is 2.87. The normalized spacial score (nSPS) is 13.1. The number of hydrogen-bond acceptors (Lipinski definition) is 3. The van der Waals surface area contributed by atoms with Crippen LogP contribution in [0.15, 0.2) is 0 Å². The summed E-state index contributed by atoms with van der Waals surface area (Å²) in [6.07, 6.45) is 0. The molecule has 1 N–H and O–H groups in total. The summed E-state index contributed by atoms with van der Waals surface area (Å²) in [7, 11) is 1.68. The molecular weight excluding hydrogens is 222 g/mol. The smallest absolute Gasteiger partial charge is 0.195 e. The van der Waals surface area contributed by atoms with Gasteiger partial charge < -0.3 is 9.30 Å². The fraction of sp³-hybridized carbons (Fsp3) is 0.818. The Morgan fingerprint density at radius 2 is 1.88 bits per heavy atom. The van der Waals surface area contributed by atoms with Crippen LogP contribution in [0.25, 0.3) is 0 Å². The summed E-state index contributed by atoms with van der Waals surface area (Å²) in [4.78, 5) is 0. The van der Waals surface area contributed by atoms with E-state index in [1.54, 1.807) is 7.11 Å². The molecule has 0 unspecified atom stereocenters. The summed E-state index contributed by atoms with van der Waals surface area (Å²) in [5.74, 6) is 0.843. The molecule has 0 fully saturated rings. The quantitative estimate of drug-likeness (QED) is 0.830. The molecule has 0 saturated heterocycles. The highest BCUT2D eigenvalue weighted by Gasteiger charge is 2.28. The van der Waals surface area contributed by atoms with Crippen molar-refractivity contribution in [3.63, 3.8) is 0 Å². The molecule has 0 aromatic carbocycles. The maximum absolute atomic E-state index is 5.44. The monoisotopic (exact) mass is 243 g/mol. The summed E-state index contributed by atoms with van der Waals surface area (Å²) in [6, 6.07) is 0. The Kier molecular flexibility index (Phi) is 3.59. The number of aromatic nitrogens is 3. The van der Waals surface area contributed by atoms with Crippen LogP contribution in [0, 0.1) is 10.2 Å². The first-order valence-electron chi connectivity index (χ1n) is 5.38. The van der Waals surface area contributed by atoms with Gasteiger partial charge in [0.2, 0.25) is 0 Å². The number of nitrogens with one attached hydrogen (secondary N) is 1. The van der Waals surface area contributed by atoms with E-state index in [4.69, 9.17) is 17.0 Å². The van der Waals surface area contributed by atoms with E-state index < -0.39 is 5.60 Å². The van der Waals surface area contributed by atoms with Crippen LogP contribution in [0.4, 0.5) is 0 Å². The Morgan fingerprint density at radius 3 is 2.31 bits per heavy atom. The van der Waals surface area contributed by atoms with Crippen molar-refractivity contribution in [3.8, 4) is 0 Å². The molecule has 0 aliphatic rings. The SMILES string of the molecule is COC(C)(C)c1n[nH]c(=S)n1CC(C)(C)C. The topological polar surface area (TPSA) is 42.8 Å². The summed E-state index contributed by atoms with van der Waals surface area (Å²) < 4.78 is 8.10. The molecule has 0 bridgehead atoms. The highest BCUT2D eigenvalue weighted by atomic mass is 32.1. The first kappa shape index (κ1) is 13.4. The Hall–Kier alpha value is -0.680. The lowest BCUT2D eigenvalue weighted by molar-refractivity contribution is 0.00702. The van der Waals surface area contributed by atoms with Crippen molar-refractivity contribution < 1.29 is 4.74 Å². The molecule has 0 radical (unpaired) electrons. The zero-order valence-corrected chi connectivity index (χ0v) is 11.7. The minimum absolute atomic E-state index is 0.153. The first-order valence-corrected chi connectivity index (χ1v) is 5.79. The van der Waals surface area contributed by atoms with Gasteiger partial charge in [0.05, 0.1) is 0 Å². The van der Waals surface area contributed by atoms with E-state index in [0.29, 0.717) is 4.77 Å². The molecule has 5 heteroatoms. The van der Waals surface area contributed by atoms with Crippen molar-refractivity contribution in [2.45, 2.75) is 46.8 Å². The Balaban J connectivity index is 3.19. The molecule has 0 aliphatic heterocycles. The van der Waals surface area contributed by atoms with E-state index in [-0.39, 0.29) is 5.41 Å². The fourth-order valence-corrected chi connectivity index (χ4v) is 1.69. The summed E-state index contributed by atoms with van der Waals surface area (Å²) in [6.45, 7) is 11.3. The average molecular weight is 243 g/mol. The Labute approximate surface area is 102 Å². The van der Waals surface area contributed by atoms with Crippen LogP contribution in [0.3, 0.4) is 0 Å². The van der Waals surface area contributed by atoms with E-state index in [1.807, 2.05) is 18.4 Å². The van der Waals surface area contributed by atoms with Crippen molar-refractivity contribution in [2.75, 3.05) is 7.11 Å². The van der Waals surface area contributed by atoms with Crippen LogP contribution in [0.5, 0.6) is 0 Å². The fourth-order valence-electron chi connectivity index (χ4n) is 1.49. The van der Waals surface area contributed by atoms with Crippen molar-refractivity contribution in [3.05, 3.63) is 10.6 Å². The van der Waals surface area contributed by atoms with Crippen molar-refractivity contribution in [1.29, 1.82) is 0 Å². The second kappa shape index (κ2) is 4.30. The van der Waals surface area contributed by atoms with Gasteiger partial charge in [-0.15, -0.1) is 0 Å². The molecule has 0 atom stereocenters. The van der Waals surface area contributed by atoms with Crippen LogP contribution >= 0.6 is 12.2 Å².